The lowest BCUT2D eigenvalue weighted by molar-refractivity contribution is 0.310. The van der Waals surface area contributed by atoms with Crippen LogP contribution in [0.2, 0.25) is 0 Å². The van der Waals surface area contributed by atoms with Crippen molar-refractivity contribution in [1.82, 2.24) is 15.0 Å². The van der Waals surface area contributed by atoms with Gasteiger partial charge in [-0.05, 0) is 32.9 Å². The molecule has 1 aromatic rings. The van der Waals surface area contributed by atoms with Crippen LogP contribution in [0, 0.1) is 0 Å². The summed E-state index contributed by atoms with van der Waals surface area (Å²) in [6.45, 7) is 5.39. The zero-order valence-corrected chi connectivity index (χ0v) is 9.85. The summed E-state index contributed by atoms with van der Waals surface area (Å²) < 4.78 is 5.18. The summed E-state index contributed by atoms with van der Waals surface area (Å²) in [5, 5.41) is 3.92. The Bertz CT molecular complexity index is 318. The van der Waals surface area contributed by atoms with Gasteiger partial charge in [-0.1, -0.05) is 5.16 Å². The molecule has 16 heavy (non-hydrogen) atoms. The van der Waals surface area contributed by atoms with Gasteiger partial charge in [-0.2, -0.15) is 4.98 Å². The summed E-state index contributed by atoms with van der Waals surface area (Å²) in [7, 11) is 0. The van der Waals surface area contributed by atoms with Crippen molar-refractivity contribution in [1.29, 1.82) is 0 Å². The standard InChI is InChI=1S/C11H20N4O/c1-9(12)8-10-13-11(16-14-10)4-7-15-5-2-3-6-15/h9H,2-8,12H2,1H3. The highest BCUT2D eigenvalue weighted by atomic mass is 16.5. The second kappa shape index (κ2) is 5.41. The molecule has 1 aromatic heterocycles. The number of likely N-dealkylation sites (tertiary alicyclic amines) is 1. The van der Waals surface area contributed by atoms with E-state index in [1.165, 1.54) is 25.9 Å². The number of hydrogen-bond donors (Lipinski definition) is 1. The fourth-order valence-corrected chi connectivity index (χ4v) is 2.02. The summed E-state index contributed by atoms with van der Waals surface area (Å²) in [5.41, 5.74) is 5.68. The maximum Gasteiger partial charge on any atom is 0.227 e. The van der Waals surface area contributed by atoms with E-state index in [1.54, 1.807) is 0 Å². The fourth-order valence-electron chi connectivity index (χ4n) is 2.02. The minimum Gasteiger partial charge on any atom is -0.339 e. The molecule has 1 saturated heterocycles. The van der Waals surface area contributed by atoms with E-state index in [4.69, 9.17) is 10.3 Å². The van der Waals surface area contributed by atoms with Crippen molar-refractivity contribution < 1.29 is 4.52 Å². The Hall–Kier alpha value is -0.940. The second-order valence-corrected chi connectivity index (χ2v) is 4.58. The Morgan fingerprint density at radius 1 is 1.44 bits per heavy atom. The van der Waals surface area contributed by atoms with Crippen LogP contribution in [0.25, 0.3) is 0 Å². The van der Waals surface area contributed by atoms with Crippen molar-refractivity contribution in [3.63, 3.8) is 0 Å². The van der Waals surface area contributed by atoms with Gasteiger partial charge in [0.25, 0.3) is 0 Å². The van der Waals surface area contributed by atoms with Gasteiger partial charge in [0.2, 0.25) is 5.89 Å². The third-order valence-electron chi connectivity index (χ3n) is 2.86. The zero-order chi connectivity index (χ0) is 11.4. The monoisotopic (exact) mass is 224 g/mol. The molecule has 90 valence electrons. The molecule has 0 aromatic carbocycles. The number of rotatable bonds is 5. The highest BCUT2D eigenvalue weighted by molar-refractivity contribution is 4.89. The first kappa shape index (κ1) is 11.5. The van der Waals surface area contributed by atoms with E-state index in [0.29, 0.717) is 6.42 Å². The van der Waals surface area contributed by atoms with Crippen molar-refractivity contribution >= 4 is 0 Å². The third kappa shape index (κ3) is 3.28. The van der Waals surface area contributed by atoms with Gasteiger partial charge in [0, 0.05) is 25.4 Å². The first-order chi connectivity index (χ1) is 7.74. The van der Waals surface area contributed by atoms with Gasteiger partial charge in [0.15, 0.2) is 5.82 Å². The molecule has 2 N–H and O–H groups in total. The lowest BCUT2D eigenvalue weighted by Crippen LogP contribution is -2.22. The molecular weight excluding hydrogens is 204 g/mol. The summed E-state index contributed by atoms with van der Waals surface area (Å²) in [4.78, 5) is 6.77. The van der Waals surface area contributed by atoms with Crippen molar-refractivity contribution in [2.24, 2.45) is 5.73 Å². The summed E-state index contributed by atoms with van der Waals surface area (Å²) >= 11 is 0. The molecule has 1 aliphatic rings. The van der Waals surface area contributed by atoms with Crippen LogP contribution in [-0.2, 0) is 12.8 Å². The number of nitrogens with two attached hydrogens (primary N) is 1. The van der Waals surface area contributed by atoms with Crippen molar-refractivity contribution in [3.8, 4) is 0 Å². The van der Waals surface area contributed by atoms with Gasteiger partial charge in [-0.25, -0.2) is 0 Å². The van der Waals surface area contributed by atoms with Gasteiger partial charge in [-0.3, -0.25) is 0 Å². The van der Waals surface area contributed by atoms with Gasteiger partial charge < -0.3 is 15.2 Å². The Labute approximate surface area is 96.0 Å². The summed E-state index contributed by atoms with van der Waals surface area (Å²) in [6, 6.07) is 0.0871. The maximum atomic E-state index is 5.68. The Balaban J connectivity index is 1.78. The average Bonchev–Trinajstić information content (AvgIpc) is 2.84. The molecular formula is C11H20N4O. The lowest BCUT2D eigenvalue weighted by Gasteiger charge is -2.11. The highest BCUT2D eigenvalue weighted by Gasteiger charge is 2.13. The zero-order valence-electron chi connectivity index (χ0n) is 9.85. The third-order valence-corrected chi connectivity index (χ3v) is 2.86. The molecule has 0 spiro atoms. The second-order valence-electron chi connectivity index (χ2n) is 4.58. The predicted octanol–water partition coefficient (Wildman–Crippen LogP) is 0.598. The first-order valence-corrected chi connectivity index (χ1v) is 6.03. The molecule has 0 amide bonds. The van der Waals surface area contributed by atoms with E-state index >= 15 is 0 Å². The van der Waals surface area contributed by atoms with Gasteiger partial charge >= 0.3 is 0 Å². The molecule has 0 radical (unpaired) electrons. The van der Waals surface area contributed by atoms with E-state index in [-0.39, 0.29) is 6.04 Å². The Kier molecular flexibility index (Phi) is 3.90. The molecule has 0 aliphatic carbocycles. The fraction of sp³-hybridized carbons (Fsp3) is 0.818. The average molecular weight is 224 g/mol. The lowest BCUT2D eigenvalue weighted by atomic mass is 10.2. The van der Waals surface area contributed by atoms with Crippen molar-refractivity contribution in [2.45, 2.75) is 38.6 Å². The Morgan fingerprint density at radius 2 is 2.19 bits per heavy atom. The number of hydrogen-bond acceptors (Lipinski definition) is 5. The molecule has 5 nitrogen and oxygen atoms in total. The quantitative estimate of drug-likeness (QED) is 0.793. The van der Waals surface area contributed by atoms with Crippen LogP contribution in [0.15, 0.2) is 4.52 Å². The minimum atomic E-state index is 0.0871. The Morgan fingerprint density at radius 3 is 2.88 bits per heavy atom. The summed E-state index contributed by atoms with van der Waals surface area (Å²) in [5.74, 6) is 1.47. The van der Waals surface area contributed by atoms with Gasteiger partial charge in [0.05, 0.1) is 0 Å². The molecule has 5 heteroatoms. The van der Waals surface area contributed by atoms with Crippen LogP contribution < -0.4 is 5.73 Å². The van der Waals surface area contributed by atoms with E-state index in [2.05, 4.69) is 15.0 Å². The molecule has 2 heterocycles. The van der Waals surface area contributed by atoms with Crippen LogP contribution in [0.1, 0.15) is 31.5 Å². The largest absolute Gasteiger partial charge is 0.339 e. The first-order valence-electron chi connectivity index (χ1n) is 6.03. The smallest absolute Gasteiger partial charge is 0.227 e. The molecule has 1 fully saturated rings. The normalized spacial score (nSPS) is 19.1. The topological polar surface area (TPSA) is 68.2 Å². The van der Waals surface area contributed by atoms with Crippen LogP contribution in [-0.4, -0.2) is 40.7 Å². The van der Waals surface area contributed by atoms with Crippen LogP contribution >= 0.6 is 0 Å². The van der Waals surface area contributed by atoms with E-state index < -0.39 is 0 Å². The molecule has 2 rings (SSSR count). The van der Waals surface area contributed by atoms with E-state index in [0.717, 1.165) is 24.7 Å². The summed E-state index contributed by atoms with van der Waals surface area (Å²) in [6.07, 6.45) is 4.18. The van der Waals surface area contributed by atoms with Crippen LogP contribution in [0.3, 0.4) is 0 Å². The molecule has 0 bridgehead atoms. The molecule has 1 aliphatic heterocycles. The minimum absolute atomic E-state index is 0.0871. The van der Waals surface area contributed by atoms with Gasteiger partial charge in [0.1, 0.15) is 0 Å². The van der Waals surface area contributed by atoms with Crippen LogP contribution in [0.4, 0.5) is 0 Å². The van der Waals surface area contributed by atoms with E-state index in [9.17, 15) is 0 Å². The number of aromatic nitrogens is 2. The highest BCUT2D eigenvalue weighted by Crippen LogP contribution is 2.08. The maximum absolute atomic E-state index is 5.68. The number of nitrogens with zero attached hydrogens (tertiary/aromatic N) is 3. The SMILES string of the molecule is CC(N)Cc1noc(CCN2CCCC2)n1. The van der Waals surface area contributed by atoms with Crippen molar-refractivity contribution in [2.75, 3.05) is 19.6 Å². The van der Waals surface area contributed by atoms with Crippen molar-refractivity contribution in [3.05, 3.63) is 11.7 Å². The predicted molar refractivity (Wildman–Crippen MR) is 61.0 cm³/mol. The molecule has 1 atom stereocenters. The van der Waals surface area contributed by atoms with Crippen LogP contribution in [0.5, 0.6) is 0 Å². The van der Waals surface area contributed by atoms with Gasteiger partial charge in [-0.15, -0.1) is 0 Å². The molecule has 1 unspecified atom stereocenters. The molecule has 0 saturated carbocycles. The van der Waals surface area contributed by atoms with E-state index in [1.807, 2.05) is 6.92 Å².